The zero-order chi connectivity index (χ0) is 9.97. The predicted octanol–water partition coefficient (Wildman–Crippen LogP) is 2.16. The minimum absolute atomic E-state index is 0.00528. The molecule has 14 heavy (non-hydrogen) atoms. The van der Waals surface area contributed by atoms with E-state index in [2.05, 4.69) is 0 Å². The van der Waals surface area contributed by atoms with Crippen molar-refractivity contribution >= 4 is 11.0 Å². The van der Waals surface area contributed by atoms with E-state index in [1.54, 1.807) is 6.26 Å². The van der Waals surface area contributed by atoms with Gasteiger partial charge in [0.05, 0.1) is 6.26 Å². The first-order valence-electron chi connectivity index (χ1n) is 4.64. The van der Waals surface area contributed by atoms with Gasteiger partial charge in [0.1, 0.15) is 6.10 Å². The molecule has 1 aromatic heterocycles. The number of benzene rings is 1. The van der Waals surface area contributed by atoms with Gasteiger partial charge >= 0.3 is 0 Å². The van der Waals surface area contributed by atoms with Crippen LogP contribution in [-0.2, 0) is 0 Å². The maximum Gasteiger partial charge on any atom is 0.175 e. The molecule has 1 atom stereocenters. The van der Waals surface area contributed by atoms with Gasteiger partial charge < -0.3 is 14.9 Å². The van der Waals surface area contributed by atoms with Crippen molar-refractivity contribution in [2.45, 2.75) is 13.0 Å². The van der Waals surface area contributed by atoms with E-state index in [1.165, 1.54) is 0 Å². The molecule has 74 valence electrons. The van der Waals surface area contributed by atoms with Gasteiger partial charge in [-0.25, -0.2) is 0 Å². The van der Waals surface area contributed by atoms with Gasteiger partial charge in [-0.1, -0.05) is 12.1 Å². The summed E-state index contributed by atoms with van der Waals surface area (Å²) >= 11 is 0. The lowest BCUT2D eigenvalue weighted by Gasteiger charge is -2.12. The average Bonchev–Trinajstić information content (AvgIpc) is 2.66. The van der Waals surface area contributed by atoms with Crippen LogP contribution in [0.2, 0.25) is 0 Å². The van der Waals surface area contributed by atoms with E-state index in [4.69, 9.17) is 14.9 Å². The highest BCUT2D eigenvalue weighted by Crippen LogP contribution is 2.26. The van der Waals surface area contributed by atoms with Crippen molar-refractivity contribution in [3.8, 4) is 5.75 Å². The summed E-state index contributed by atoms with van der Waals surface area (Å²) in [4.78, 5) is 0. The number of furan rings is 1. The molecule has 3 nitrogen and oxygen atoms in total. The number of hydrogen-bond acceptors (Lipinski definition) is 3. The molecule has 3 heteroatoms. The average molecular weight is 191 g/mol. The van der Waals surface area contributed by atoms with Gasteiger partial charge in [-0.15, -0.1) is 0 Å². The van der Waals surface area contributed by atoms with Crippen LogP contribution in [0.3, 0.4) is 0 Å². The Morgan fingerprint density at radius 2 is 2.29 bits per heavy atom. The molecule has 0 saturated carbocycles. The van der Waals surface area contributed by atoms with Crippen LogP contribution in [0.1, 0.15) is 6.92 Å². The smallest absolute Gasteiger partial charge is 0.175 e. The summed E-state index contributed by atoms with van der Waals surface area (Å²) in [5.74, 6) is 0.755. The molecule has 1 aromatic carbocycles. The van der Waals surface area contributed by atoms with Crippen LogP contribution in [0.4, 0.5) is 0 Å². The molecule has 1 unspecified atom stereocenters. The van der Waals surface area contributed by atoms with Crippen LogP contribution in [0.15, 0.2) is 34.9 Å². The number of nitrogens with two attached hydrogens (primary N) is 1. The summed E-state index contributed by atoms with van der Waals surface area (Å²) in [7, 11) is 0. The minimum atomic E-state index is 0.00528. The van der Waals surface area contributed by atoms with Gasteiger partial charge in [0, 0.05) is 11.9 Å². The first-order chi connectivity index (χ1) is 6.81. The van der Waals surface area contributed by atoms with Crippen molar-refractivity contribution < 1.29 is 9.15 Å². The normalized spacial score (nSPS) is 13.0. The fraction of sp³-hybridized carbons (Fsp3) is 0.273. The van der Waals surface area contributed by atoms with Gasteiger partial charge in [-0.3, -0.25) is 0 Å². The molecule has 0 fully saturated rings. The summed E-state index contributed by atoms with van der Waals surface area (Å²) < 4.78 is 10.9. The second kappa shape index (κ2) is 3.72. The van der Waals surface area contributed by atoms with Gasteiger partial charge in [0.15, 0.2) is 11.3 Å². The van der Waals surface area contributed by atoms with Crippen molar-refractivity contribution in [1.82, 2.24) is 0 Å². The lowest BCUT2D eigenvalue weighted by atomic mass is 10.2. The molecular formula is C11H13NO2. The Labute approximate surface area is 82.5 Å². The van der Waals surface area contributed by atoms with Crippen molar-refractivity contribution in [2.24, 2.45) is 5.73 Å². The highest BCUT2D eigenvalue weighted by Gasteiger charge is 2.07. The molecule has 2 N–H and O–H groups in total. The Hall–Kier alpha value is -1.48. The number of ether oxygens (including phenoxy) is 1. The zero-order valence-electron chi connectivity index (χ0n) is 8.07. The zero-order valence-corrected chi connectivity index (χ0v) is 8.07. The number of rotatable bonds is 3. The van der Waals surface area contributed by atoms with Gasteiger partial charge in [0.2, 0.25) is 0 Å². The standard InChI is InChI=1S/C11H13NO2/c1-8(7-12)14-10-4-2-3-9-5-6-13-11(9)10/h2-6,8H,7,12H2,1H3. The number of hydrogen-bond donors (Lipinski definition) is 1. The number of para-hydroxylation sites is 1. The second-order valence-electron chi connectivity index (χ2n) is 3.26. The largest absolute Gasteiger partial charge is 0.485 e. The lowest BCUT2D eigenvalue weighted by Crippen LogP contribution is -2.22. The van der Waals surface area contributed by atoms with Crippen molar-refractivity contribution in [3.63, 3.8) is 0 Å². The van der Waals surface area contributed by atoms with Crippen LogP contribution in [-0.4, -0.2) is 12.6 Å². The Balaban J connectivity index is 2.36. The third-order valence-corrected chi connectivity index (χ3v) is 2.10. The van der Waals surface area contributed by atoms with Crippen molar-refractivity contribution in [3.05, 3.63) is 30.5 Å². The SMILES string of the molecule is CC(CN)Oc1cccc2ccoc12. The van der Waals surface area contributed by atoms with Crippen LogP contribution in [0.5, 0.6) is 5.75 Å². The monoisotopic (exact) mass is 191 g/mol. The molecule has 0 amide bonds. The molecule has 0 saturated heterocycles. The highest BCUT2D eigenvalue weighted by molar-refractivity contribution is 5.82. The van der Waals surface area contributed by atoms with E-state index in [9.17, 15) is 0 Å². The van der Waals surface area contributed by atoms with E-state index in [0.29, 0.717) is 6.54 Å². The fourth-order valence-corrected chi connectivity index (χ4v) is 1.32. The van der Waals surface area contributed by atoms with Crippen LogP contribution < -0.4 is 10.5 Å². The van der Waals surface area contributed by atoms with Gasteiger partial charge in [-0.05, 0) is 19.1 Å². The van der Waals surface area contributed by atoms with E-state index < -0.39 is 0 Å². The molecule has 2 rings (SSSR count). The van der Waals surface area contributed by atoms with E-state index in [0.717, 1.165) is 16.7 Å². The first-order valence-corrected chi connectivity index (χ1v) is 4.64. The molecule has 1 heterocycles. The summed E-state index contributed by atoms with van der Waals surface area (Å²) in [6.45, 7) is 2.43. The van der Waals surface area contributed by atoms with Crippen molar-refractivity contribution in [1.29, 1.82) is 0 Å². The third-order valence-electron chi connectivity index (χ3n) is 2.10. The lowest BCUT2D eigenvalue weighted by molar-refractivity contribution is 0.230. The maximum absolute atomic E-state index is 5.62. The van der Waals surface area contributed by atoms with Crippen LogP contribution >= 0.6 is 0 Å². The molecule has 0 radical (unpaired) electrons. The summed E-state index contributed by atoms with van der Waals surface area (Å²) in [5, 5.41) is 1.05. The predicted molar refractivity (Wildman–Crippen MR) is 55.4 cm³/mol. The van der Waals surface area contributed by atoms with Crippen molar-refractivity contribution in [2.75, 3.05) is 6.54 Å². The summed E-state index contributed by atoms with van der Waals surface area (Å²) in [6, 6.07) is 7.72. The Morgan fingerprint density at radius 3 is 3.07 bits per heavy atom. The molecule has 0 bridgehead atoms. The number of fused-ring (bicyclic) bond motifs is 1. The first kappa shape index (κ1) is 9.09. The van der Waals surface area contributed by atoms with Crippen LogP contribution in [0, 0.1) is 0 Å². The minimum Gasteiger partial charge on any atom is -0.485 e. The maximum atomic E-state index is 5.62. The van der Waals surface area contributed by atoms with E-state index >= 15 is 0 Å². The summed E-state index contributed by atoms with van der Waals surface area (Å²) in [5.41, 5.74) is 6.27. The molecule has 0 aliphatic rings. The molecule has 0 aliphatic carbocycles. The molecule has 0 aliphatic heterocycles. The van der Waals surface area contributed by atoms with E-state index in [-0.39, 0.29) is 6.10 Å². The fourth-order valence-electron chi connectivity index (χ4n) is 1.32. The van der Waals surface area contributed by atoms with Gasteiger partial charge in [-0.2, -0.15) is 0 Å². The van der Waals surface area contributed by atoms with E-state index in [1.807, 2.05) is 31.2 Å². The van der Waals surface area contributed by atoms with Crippen LogP contribution in [0.25, 0.3) is 11.0 Å². The molecule has 0 spiro atoms. The second-order valence-corrected chi connectivity index (χ2v) is 3.26. The Bertz CT molecular complexity index is 422. The summed E-state index contributed by atoms with van der Waals surface area (Å²) in [6.07, 6.45) is 1.66. The third kappa shape index (κ3) is 1.59. The highest BCUT2D eigenvalue weighted by atomic mass is 16.5. The molecule has 2 aromatic rings. The quantitative estimate of drug-likeness (QED) is 0.808. The van der Waals surface area contributed by atoms with Gasteiger partial charge in [0.25, 0.3) is 0 Å². The Kier molecular flexibility index (Phi) is 2.41. The topological polar surface area (TPSA) is 48.4 Å². The molecular weight excluding hydrogens is 178 g/mol. The Morgan fingerprint density at radius 1 is 1.43 bits per heavy atom.